The zero-order valence-corrected chi connectivity index (χ0v) is 15.9. The van der Waals surface area contributed by atoms with Crippen LogP contribution in [-0.2, 0) is 4.74 Å². The van der Waals surface area contributed by atoms with E-state index >= 15 is 0 Å². The number of hydrogen-bond donors (Lipinski definition) is 2. The molecule has 1 atom stereocenters. The van der Waals surface area contributed by atoms with Gasteiger partial charge in [-0.1, -0.05) is 12.1 Å². The summed E-state index contributed by atoms with van der Waals surface area (Å²) >= 11 is 0. The Morgan fingerprint density at radius 3 is 2.46 bits per heavy atom. The Kier molecular flexibility index (Phi) is 6.84. The molecular weight excluding hydrogens is 356 g/mol. The van der Waals surface area contributed by atoms with Crippen molar-refractivity contribution in [1.82, 2.24) is 10.2 Å². The van der Waals surface area contributed by atoms with Crippen LogP contribution in [0, 0.1) is 11.3 Å². The third-order valence-electron chi connectivity index (χ3n) is 4.71. The number of benzene rings is 2. The van der Waals surface area contributed by atoms with Crippen LogP contribution in [0.5, 0.6) is 5.75 Å². The summed E-state index contributed by atoms with van der Waals surface area (Å²) in [6, 6.07) is 16.5. The highest BCUT2D eigenvalue weighted by Crippen LogP contribution is 2.23. The highest BCUT2D eigenvalue weighted by atomic mass is 16.5. The lowest BCUT2D eigenvalue weighted by Crippen LogP contribution is -2.44. The van der Waals surface area contributed by atoms with Gasteiger partial charge in [0, 0.05) is 25.3 Å². The maximum atomic E-state index is 12.3. The second-order valence-electron chi connectivity index (χ2n) is 6.46. The van der Waals surface area contributed by atoms with Gasteiger partial charge in [0.15, 0.2) is 0 Å². The Morgan fingerprint density at radius 2 is 1.86 bits per heavy atom. The van der Waals surface area contributed by atoms with Gasteiger partial charge in [0.1, 0.15) is 5.75 Å². The van der Waals surface area contributed by atoms with Crippen LogP contribution in [0.3, 0.4) is 0 Å². The number of carbonyl (C=O) groups excluding carboxylic acids is 1. The van der Waals surface area contributed by atoms with Crippen LogP contribution < -0.4 is 15.4 Å². The minimum Gasteiger partial charge on any atom is -0.497 e. The van der Waals surface area contributed by atoms with E-state index in [1.807, 2.05) is 24.3 Å². The maximum Gasteiger partial charge on any atom is 0.319 e. The molecule has 1 fully saturated rings. The molecular formula is C21H24N4O3. The molecule has 0 spiro atoms. The van der Waals surface area contributed by atoms with Crippen molar-refractivity contribution in [3.05, 3.63) is 59.7 Å². The third kappa shape index (κ3) is 5.22. The molecule has 7 heteroatoms. The Morgan fingerprint density at radius 1 is 1.18 bits per heavy atom. The Hall–Kier alpha value is -3.08. The first-order chi connectivity index (χ1) is 13.7. The first kappa shape index (κ1) is 19.7. The van der Waals surface area contributed by atoms with Gasteiger partial charge in [-0.3, -0.25) is 4.90 Å². The zero-order chi connectivity index (χ0) is 19.8. The first-order valence-electron chi connectivity index (χ1n) is 9.20. The average Bonchev–Trinajstić information content (AvgIpc) is 2.75. The molecule has 1 unspecified atom stereocenters. The van der Waals surface area contributed by atoms with Crippen molar-refractivity contribution in [1.29, 1.82) is 5.26 Å². The van der Waals surface area contributed by atoms with Crippen molar-refractivity contribution < 1.29 is 14.3 Å². The highest BCUT2D eigenvalue weighted by molar-refractivity contribution is 5.89. The van der Waals surface area contributed by atoms with Gasteiger partial charge in [-0.2, -0.15) is 5.26 Å². The molecule has 2 N–H and O–H groups in total. The monoisotopic (exact) mass is 380 g/mol. The summed E-state index contributed by atoms with van der Waals surface area (Å²) in [5.74, 6) is 0.802. The molecule has 0 bridgehead atoms. The topological polar surface area (TPSA) is 86.6 Å². The number of nitrogens with zero attached hydrogens (tertiary/aromatic N) is 2. The largest absolute Gasteiger partial charge is 0.497 e. The van der Waals surface area contributed by atoms with Crippen LogP contribution in [0.2, 0.25) is 0 Å². The van der Waals surface area contributed by atoms with Crippen LogP contribution in [-0.4, -0.2) is 50.9 Å². The number of rotatable bonds is 6. The van der Waals surface area contributed by atoms with Gasteiger partial charge in [-0.15, -0.1) is 0 Å². The van der Waals surface area contributed by atoms with E-state index in [0.717, 1.165) is 24.4 Å². The summed E-state index contributed by atoms with van der Waals surface area (Å²) in [7, 11) is 1.64. The molecule has 7 nitrogen and oxygen atoms in total. The van der Waals surface area contributed by atoms with Gasteiger partial charge in [0.05, 0.1) is 38.0 Å². The molecule has 2 aromatic carbocycles. The van der Waals surface area contributed by atoms with E-state index in [4.69, 9.17) is 14.7 Å². The van der Waals surface area contributed by atoms with E-state index < -0.39 is 0 Å². The van der Waals surface area contributed by atoms with E-state index in [1.165, 1.54) is 0 Å². The molecule has 0 aromatic heterocycles. The lowest BCUT2D eigenvalue weighted by atomic mass is 10.0. The van der Waals surface area contributed by atoms with E-state index in [0.29, 0.717) is 31.0 Å². The number of anilines is 1. The van der Waals surface area contributed by atoms with Crippen molar-refractivity contribution in [3.8, 4) is 11.8 Å². The van der Waals surface area contributed by atoms with Gasteiger partial charge >= 0.3 is 6.03 Å². The number of urea groups is 1. The van der Waals surface area contributed by atoms with E-state index in [2.05, 4.69) is 21.6 Å². The minimum absolute atomic E-state index is 0.0431. The van der Waals surface area contributed by atoms with Crippen LogP contribution in [0.4, 0.5) is 10.5 Å². The maximum absolute atomic E-state index is 12.3. The van der Waals surface area contributed by atoms with Gasteiger partial charge in [0.2, 0.25) is 0 Å². The van der Waals surface area contributed by atoms with E-state index in [1.54, 1.807) is 31.4 Å². The third-order valence-corrected chi connectivity index (χ3v) is 4.71. The summed E-state index contributed by atoms with van der Waals surface area (Å²) in [5, 5.41) is 14.6. The Bertz CT molecular complexity index is 809. The van der Waals surface area contributed by atoms with Crippen LogP contribution in [0.1, 0.15) is 17.2 Å². The molecule has 28 heavy (non-hydrogen) atoms. The number of hydrogen-bond acceptors (Lipinski definition) is 5. The normalized spacial score (nSPS) is 15.3. The fraction of sp³-hybridized carbons (Fsp3) is 0.333. The molecule has 1 aliphatic heterocycles. The van der Waals surface area contributed by atoms with Crippen LogP contribution in [0.25, 0.3) is 0 Å². The zero-order valence-electron chi connectivity index (χ0n) is 15.9. The van der Waals surface area contributed by atoms with Crippen molar-refractivity contribution in [3.63, 3.8) is 0 Å². The number of carbonyl (C=O) groups is 1. The molecule has 146 valence electrons. The van der Waals surface area contributed by atoms with Crippen molar-refractivity contribution >= 4 is 11.7 Å². The highest BCUT2D eigenvalue weighted by Gasteiger charge is 2.23. The molecule has 0 aliphatic carbocycles. The summed E-state index contributed by atoms with van der Waals surface area (Å²) < 4.78 is 10.7. The molecule has 1 heterocycles. The molecule has 3 rings (SSSR count). The molecule has 2 amide bonds. The van der Waals surface area contributed by atoms with Crippen molar-refractivity contribution in [2.75, 3.05) is 45.3 Å². The number of methoxy groups -OCH3 is 1. The quantitative estimate of drug-likeness (QED) is 0.805. The van der Waals surface area contributed by atoms with Gasteiger partial charge < -0.3 is 20.1 Å². The minimum atomic E-state index is -0.281. The first-order valence-corrected chi connectivity index (χ1v) is 9.20. The summed E-state index contributed by atoms with van der Waals surface area (Å²) in [5.41, 5.74) is 2.31. The van der Waals surface area contributed by atoms with E-state index in [-0.39, 0.29) is 12.1 Å². The van der Waals surface area contributed by atoms with Crippen molar-refractivity contribution in [2.45, 2.75) is 6.04 Å². The molecule has 1 aliphatic rings. The van der Waals surface area contributed by atoms with Crippen LogP contribution in [0.15, 0.2) is 48.5 Å². The van der Waals surface area contributed by atoms with Crippen molar-refractivity contribution in [2.24, 2.45) is 0 Å². The van der Waals surface area contributed by atoms with Crippen LogP contribution >= 0.6 is 0 Å². The predicted octanol–water partition coefficient (Wildman–Crippen LogP) is 2.76. The van der Waals surface area contributed by atoms with E-state index in [9.17, 15) is 4.79 Å². The SMILES string of the molecule is COc1ccc(C(CNC(=O)Nc2ccc(C#N)cc2)N2CCOCC2)cc1. The predicted molar refractivity (Wildman–Crippen MR) is 106 cm³/mol. The average molecular weight is 380 g/mol. The van der Waals surface area contributed by atoms with Gasteiger partial charge in [-0.05, 0) is 42.0 Å². The Labute approximate surface area is 164 Å². The number of nitriles is 1. The fourth-order valence-corrected chi connectivity index (χ4v) is 3.17. The summed E-state index contributed by atoms with van der Waals surface area (Å²) in [4.78, 5) is 14.6. The number of nitrogens with one attached hydrogen (secondary N) is 2. The standard InChI is InChI=1S/C21H24N4O3/c1-27-19-8-4-17(5-9-19)20(25-10-12-28-13-11-25)15-23-21(26)24-18-6-2-16(14-22)3-7-18/h2-9,20H,10-13,15H2,1H3,(H2,23,24,26). The second kappa shape index (κ2) is 9.74. The lowest BCUT2D eigenvalue weighted by molar-refractivity contribution is 0.0167. The summed E-state index contributed by atoms with van der Waals surface area (Å²) in [6.45, 7) is 3.47. The fourth-order valence-electron chi connectivity index (χ4n) is 3.17. The molecule has 2 aromatic rings. The number of amides is 2. The number of morpholine rings is 1. The number of ether oxygens (including phenoxy) is 2. The van der Waals surface area contributed by atoms with Gasteiger partial charge in [0.25, 0.3) is 0 Å². The lowest BCUT2D eigenvalue weighted by Gasteiger charge is -2.35. The summed E-state index contributed by atoms with van der Waals surface area (Å²) in [6.07, 6.45) is 0. The smallest absolute Gasteiger partial charge is 0.319 e. The van der Waals surface area contributed by atoms with Gasteiger partial charge in [-0.25, -0.2) is 4.79 Å². The molecule has 0 saturated carbocycles. The molecule has 0 radical (unpaired) electrons. The Balaban J connectivity index is 1.64. The second-order valence-corrected chi connectivity index (χ2v) is 6.46. The molecule has 1 saturated heterocycles.